The lowest BCUT2D eigenvalue weighted by molar-refractivity contribution is 0.467. The van der Waals surface area contributed by atoms with E-state index in [9.17, 15) is 5.11 Å². The van der Waals surface area contributed by atoms with Crippen molar-refractivity contribution in [3.63, 3.8) is 0 Å². The summed E-state index contributed by atoms with van der Waals surface area (Å²) < 4.78 is 1.63. The molecule has 1 unspecified atom stereocenters. The lowest BCUT2D eigenvalue weighted by Gasteiger charge is -2.09. The molecule has 0 fully saturated rings. The molecule has 0 aliphatic heterocycles. The van der Waals surface area contributed by atoms with Crippen molar-refractivity contribution in [2.45, 2.75) is 6.04 Å². The molecule has 0 spiro atoms. The Kier molecular flexibility index (Phi) is 3.99. The fraction of sp³-hybridized carbons (Fsp3) is 0.111. The standard InChI is InChI=1S/C9H9I2NO/c1-2-8(12)5-3-6(10)9(13)7(11)4-5/h2-4,8,13H,1,12H2. The topological polar surface area (TPSA) is 46.2 Å². The second-order valence-electron chi connectivity index (χ2n) is 2.59. The summed E-state index contributed by atoms with van der Waals surface area (Å²) >= 11 is 4.16. The van der Waals surface area contributed by atoms with E-state index in [1.54, 1.807) is 6.08 Å². The number of halogens is 2. The highest BCUT2D eigenvalue weighted by atomic mass is 127. The first kappa shape index (κ1) is 11.3. The molecule has 0 bridgehead atoms. The van der Waals surface area contributed by atoms with Crippen molar-refractivity contribution in [3.8, 4) is 5.75 Å². The molecule has 0 aliphatic rings. The minimum atomic E-state index is -0.164. The third-order valence-electron chi connectivity index (χ3n) is 1.68. The summed E-state index contributed by atoms with van der Waals surface area (Å²) in [5.74, 6) is 0.321. The molecule has 4 heteroatoms. The average Bonchev–Trinajstić information content (AvgIpc) is 2.12. The molecule has 0 saturated carbocycles. The van der Waals surface area contributed by atoms with E-state index < -0.39 is 0 Å². The summed E-state index contributed by atoms with van der Waals surface area (Å²) in [5.41, 5.74) is 6.75. The Bertz CT molecular complexity index is 315. The molecule has 0 radical (unpaired) electrons. The van der Waals surface area contributed by atoms with Crippen LogP contribution in [0.25, 0.3) is 0 Å². The number of hydrogen-bond donors (Lipinski definition) is 2. The molecule has 1 aromatic carbocycles. The molecule has 0 saturated heterocycles. The predicted octanol–water partition coefficient (Wildman–Crippen LogP) is 2.79. The van der Waals surface area contributed by atoms with Crippen LogP contribution in [0, 0.1) is 7.14 Å². The molecular formula is C9H9I2NO. The van der Waals surface area contributed by atoms with Crippen molar-refractivity contribution in [1.29, 1.82) is 0 Å². The Hall–Kier alpha value is 0.180. The van der Waals surface area contributed by atoms with Crippen molar-refractivity contribution in [2.24, 2.45) is 5.73 Å². The second-order valence-corrected chi connectivity index (χ2v) is 4.92. The van der Waals surface area contributed by atoms with Crippen LogP contribution >= 0.6 is 45.2 Å². The zero-order valence-corrected chi connectivity index (χ0v) is 11.1. The summed E-state index contributed by atoms with van der Waals surface area (Å²) in [6.45, 7) is 3.63. The number of rotatable bonds is 2. The number of hydrogen-bond acceptors (Lipinski definition) is 2. The number of nitrogens with two attached hydrogens (primary N) is 1. The SMILES string of the molecule is C=CC(N)c1cc(I)c(O)c(I)c1. The minimum Gasteiger partial charge on any atom is -0.506 e. The van der Waals surface area contributed by atoms with Gasteiger partial charge >= 0.3 is 0 Å². The second kappa shape index (κ2) is 4.61. The van der Waals surface area contributed by atoms with Crippen molar-refractivity contribution in [1.82, 2.24) is 0 Å². The smallest absolute Gasteiger partial charge is 0.142 e. The first-order chi connectivity index (χ1) is 6.06. The quantitative estimate of drug-likeness (QED) is 0.592. The van der Waals surface area contributed by atoms with Crippen LogP contribution in [0.15, 0.2) is 24.8 Å². The lowest BCUT2D eigenvalue weighted by Crippen LogP contribution is -2.06. The van der Waals surface area contributed by atoms with Crippen LogP contribution in [0.4, 0.5) is 0 Å². The molecule has 1 aromatic rings. The van der Waals surface area contributed by atoms with Crippen LogP contribution in [0.1, 0.15) is 11.6 Å². The van der Waals surface area contributed by atoms with Gasteiger partial charge in [0, 0.05) is 6.04 Å². The van der Waals surface area contributed by atoms with E-state index in [0.717, 1.165) is 12.7 Å². The van der Waals surface area contributed by atoms with Gasteiger partial charge in [-0.1, -0.05) is 6.08 Å². The first-order valence-corrected chi connectivity index (χ1v) is 5.78. The van der Waals surface area contributed by atoms with E-state index >= 15 is 0 Å². The molecule has 0 amide bonds. The van der Waals surface area contributed by atoms with Crippen LogP contribution in [-0.4, -0.2) is 5.11 Å². The van der Waals surface area contributed by atoms with Crippen LogP contribution in [-0.2, 0) is 0 Å². The van der Waals surface area contributed by atoms with Gasteiger partial charge in [-0.2, -0.15) is 0 Å². The molecule has 1 atom stereocenters. The maximum absolute atomic E-state index is 9.50. The highest BCUT2D eigenvalue weighted by Crippen LogP contribution is 2.29. The molecule has 0 heterocycles. The van der Waals surface area contributed by atoms with Gasteiger partial charge in [-0.05, 0) is 62.9 Å². The maximum atomic E-state index is 9.50. The van der Waals surface area contributed by atoms with E-state index in [-0.39, 0.29) is 6.04 Å². The normalized spacial score (nSPS) is 12.5. The summed E-state index contributed by atoms with van der Waals surface area (Å²) in [7, 11) is 0. The van der Waals surface area contributed by atoms with Crippen LogP contribution in [0.3, 0.4) is 0 Å². The van der Waals surface area contributed by atoms with Crippen molar-refractivity contribution >= 4 is 45.2 Å². The molecule has 1 rings (SSSR count). The highest BCUT2D eigenvalue weighted by Gasteiger charge is 2.08. The van der Waals surface area contributed by atoms with Gasteiger partial charge in [0.25, 0.3) is 0 Å². The van der Waals surface area contributed by atoms with Crippen LogP contribution < -0.4 is 5.73 Å². The fourth-order valence-corrected chi connectivity index (χ4v) is 2.73. The average molecular weight is 401 g/mol. The lowest BCUT2D eigenvalue weighted by atomic mass is 10.1. The third-order valence-corrected chi connectivity index (χ3v) is 3.32. The largest absolute Gasteiger partial charge is 0.506 e. The summed E-state index contributed by atoms with van der Waals surface area (Å²) in [4.78, 5) is 0. The van der Waals surface area contributed by atoms with E-state index in [1.807, 2.05) is 12.1 Å². The Morgan fingerprint density at radius 1 is 1.38 bits per heavy atom. The number of phenols is 1. The molecule has 2 nitrogen and oxygen atoms in total. The molecule has 70 valence electrons. The first-order valence-electron chi connectivity index (χ1n) is 3.62. The fourth-order valence-electron chi connectivity index (χ4n) is 0.914. The number of phenolic OH excluding ortho intramolecular Hbond substituents is 1. The zero-order chi connectivity index (χ0) is 10.0. The number of benzene rings is 1. The van der Waals surface area contributed by atoms with E-state index in [4.69, 9.17) is 5.73 Å². The summed E-state index contributed by atoms with van der Waals surface area (Å²) in [5, 5.41) is 9.50. The maximum Gasteiger partial charge on any atom is 0.142 e. The highest BCUT2D eigenvalue weighted by molar-refractivity contribution is 14.1. The van der Waals surface area contributed by atoms with Crippen molar-refractivity contribution < 1.29 is 5.11 Å². The van der Waals surface area contributed by atoms with Gasteiger partial charge in [0.05, 0.1) is 7.14 Å². The summed E-state index contributed by atoms with van der Waals surface area (Å²) in [6.07, 6.45) is 1.68. The van der Waals surface area contributed by atoms with Gasteiger partial charge < -0.3 is 10.8 Å². The number of aromatic hydroxyl groups is 1. The molecular weight excluding hydrogens is 392 g/mol. The molecule has 3 N–H and O–H groups in total. The van der Waals surface area contributed by atoms with E-state index in [0.29, 0.717) is 5.75 Å². The van der Waals surface area contributed by atoms with Gasteiger partial charge in [0.1, 0.15) is 5.75 Å². The van der Waals surface area contributed by atoms with Gasteiger partial charge in [-0.15, -0.1) is 6.58 Å². The third kappa shape index (κ3) is 2.57. The Balaban J connectivity index is 3.20. The molecule has 0 aromatic heterocycles. The Morgan fingerprint density at radius 3 is 2.23 bits per heavy atom. The Labute approximate surface area is 104 Å². The molecule has 13 heavy (non-hydrogen) atoms. The van der Waals surface area contributed by atoms with Gasteiger partial charge in [0.15, 0.2) is 0 Å². The van der Waals surface area contributed by atoms with Gasteiger partial charge in [0.2, 0.25) is 0 Å². The van der Waals surface area contributed by atoms with E-state index in [1.165, 1.54) is 0 Å². The predicted molar refractivity (Wildman–Crippen MR) is 70.7 cm³/mol. The minimum absolute atomic E-state index is 0.164. The summed E-state index contributed by atoms with van der Waals surface area (Å²) in [6, 6.07) is 3.57. The van der Waals surface area contributed by atoms with Crippen molar-refractivity contribution in [2.75, 3.05) is 0 Å². The monoisotopic (exact) mass is 401 g/mol. The van der Waals surface area contributed by atoms with Gasteiger partial charge in [-0.3, -0.25) is 0 Å². The van der Waals surface area contributed by atoms with E-state index in [2.05, 4.69) is 51.8 Å². The molecule has 0 aliphatic carbocycles. The Morgan fingerprint density at radius 2 is 1.85 bits per heavy atom. The zero-order valence-electron chi connectivity index (χ0n) is 6.80. The van der Waals surface area contributed by atoms with Gasteiger partial charge in [-0.25, -0.2) is 0 Å². The van der Waals surface area contributed by atoms with Crippen molar-refractivity contribution in [3.05, 3.63) is 37.5 Å². The van der Waals surface area contributed by atoms with Crippen LogP contribution in [0.5, 0.6) is 5.75 Å². The van der Waals surface area contributed by atoms with Crippen LogP contribution in [0.2, 0.25) is 0 Å².